The van der Waals surface area contributed by atoms with Crippen molar-refractivity contribution in [3.63, 3.8) is 0 Å². The van der Waals surface area contributed by atoms with Crippen LogP contribution in [0.25, 0.3) is 0 Å². The van der Waals surface area contributed by atoms with E-state index in [1.807, 2.05) is 36.2 Å². The molecule has 2 N–H and O–H groups in total. The van der Waals surface area contributed by atoms with Crippen molar-refractivity contribution in [2.75, 3.05) is 30.4 Å². The molecular formula is C11H15N3O. The maximum atomic E-state index is 11.8. The number of benzene rings is 1. The van der Waals surface area contributed by atoms with E-state index in [4.69, 9.17) is 5.73 Å². The van der Waals surface area contributed by atoms with E-state index in [9.17, 15) is 4.79 Å². The molecule has 1 aliphatic rings. The summed E-state index contributed by atoms with van der Waals surface area (Å²) in [5, 5.41) is 0. The van der Waals surface area contributed by atoms with Crippen LogP contribution < -0.4 is 15.5 Å². The number of hydrogen-bond acceptors (Lipinski definition) is 3. The zero-order chi connectivity index (χ0) is 11.0. The van der Waals surface area contributed by atoms with Crippen LogP contribution in [0.2, 0.25) is 0 Å². The molecule has 4 nitrogen and oxygen atoms in total. The van der Waals surface area contributed by atoms with Crippen LogP contribution in [-0.4, -0.2) is 32.6 Å². The van der Waals surface area contributed by atoms with Crippen LogP contribution in [0.4, 0.5) is 11.4 Å². The van der Waals surface area contributed by atoms with Gasteiger partial charge in [0.05, 0.1) is 11.4 Å². The van der Waals surface area contributed by atoms with E-state index < -0.39 is 6.04 Å². The Balaban J connectivity index is 2.52. The molecule has 0 spiro atoms. The molecule has 1 amide bonds. The lowest BCUT2D eigenvalue weighted by Crippen LogP contribution is -2.45. The highest BCUT2D eigenvalue weighted by Crippen LogP contribution is 2.30. The first-order valence-corrected chi connectivity index (χ1v) is 4.94. The van der Waals surface area contributed by atoms with Crippen molar-refractivity contribution in [3.05, 3.63) is 24.3 Å². The summed E-state index contributed by atoms with van der Waals surface area (Å²) in [6.45, 7) is 0.556. The van der Waals surface area contributed by atoms with Crippen LogP contribution in [0.3, 0.4) is 0 Å². The largest absolute Gasteiger partial charge is 0.371 e. The zero-order valence-electron chi connectivity index (χ0n) is 8.97. The molecule has 80 valence electrons. The van der Waals surface area contributed by atoms with E-state index in [1.165, 1.54) is 0 Å². The lowest BCUT2D eigenvalue weighted by atomic mass is 10.2. The molecule has 0 aromatic heterocycles. The number of fused-ring (bicyclic) bond motifs is 1. The monoisotopic (exact) mass is 205 g/mol. The molecule has 2 rings (SSSR count). The van der Waals surface area contributed by atoms with Crippen molar-refractivity contribution in [1.29, 1.82) is 0 Å². The summed E-state index contributed by atoms with van der Waals surface area (Å²) in [6.07, 6.45) is 0. The van der Waals surface area contributed by atoms with Crippen molar-refractivity contribution >= 4 is 17.3 Å². The Labute approximate surface area is 89.3 Å². The Morgan fingerprint density at radius 3 is 2.53 bits per heavy atom. The fourth-order valence-corrected chi connectivity index (χ4v) is 1.91. The van der Waals surface area contributed by atoms with Crippen molar-refractivity contribution < 1.29 is 4.79 Å². The van der Waals surface area contributed by atoms with Gasteiger partial charge in [-0.25, -0.2) is 0 Å². The normalized spacial score (nSPS) is 21.3. The second-order valence-electron chi connectivity index (χ2n) is 3.87. The number of carbonyl (C=O) groups is 1. The summed E-state index contributed by atoms with van der Waals surface area (Å²) in [5.41, 5.74) is 7.76. The number of carbonyl (C=O) groups excluding carboxylic acids is 1. The summed E-state index contributed by atoms with van der Waals surface area (Å²) in [7, 11) is 3.71. The van der Waals surface area contributed by atoms with E-state index in [-0.39, 0.29) is 5.91 Å². The number of nitrogens with two attached hydrogens (primary N) is 1. The first-order valence-electron chi connectivity index (χ1n) is 4.94. The number of amides is 1. The molecule has 1 aliphatic heterocycles. The predicted octanol–water partition coefficient (Wildman–Crippen LogP) is 0.427. The van der Waals surface area contributed by atoms with Gasteiger partial charge in [-0.05, 0) is 12.1 Å². The molecule has 0 bridgehead atoms. The third-order valence-corrected chi connectivity index (χ3v) is 2.77. The van der Waals surface area contributed by atoms with Gasteiger partial charge in [-0.3, -0.25) is 4.79 Å². The average Bonchev–Trinajstić information content (AvgIpc) is 2.33. The summed E-state index contributed by atoms with van der Waals surface area (Å²) < 4.78 is 0. The number of nitrogens with zero attached hydrogens (tertiary/aromatic N) is 2. The number of hydrogen-bond donors (Lipinski definition) is 1. The van der Waals surface area contributed by atoms with Gasteiger partial charge in [0.25, 0.3) is 0 Å². The first-order chi connectivity index (χ1) is 7.11. The molecule has 0 saturated carbocycles. The Hall–Kier alpha value is -1.55. The molecule has 1 aromatic carbocycles. The fourth-order valence-electron chi connectivity index (χ4n) is 1.91. The van der Waals surface area contributed by atoms with Crippen LogP contribution in [-0.2, 0) is 4.79 Å². The van der Waals surface area contributed by atoms with Crippen LogP contribution in [0.5, 0.6) is 0 Å². The number of para-hydroxylation sites is 2. The Bertz CT molecular complexity index is 391. The highest BCUT2D eigenvalue weighted by Gasteiger charge is 2.27. The smallest absolute Gasteiger partial charge is 0.245 e. The SMILES string of the molecule is CN1CC(N)C(=O)N(C)c2ccccc21. The fraction of sp³-hybridized carbons (Fsp3) is 0.364. The number of likely N-dealkylation sites (N-methyl/N-ethyl adjacent to an activating group) is 2. The highest BCUT2D eigenvalue weighted by molar-refractivity contribution is 6.01. The van der Waals surface area contributed by atoms with Gasteiger partial charge in [0.2, 0.25) is 5.91 Å². The lowest BCUT2D eigenvalue weighted by molar-refractivity contribution is -0.119. The Morgan fingerprint density at radius 2 is 1.87 bits per heavy atom. The first kappa shape index (κ1) is 9.98. The third kappa shape index (κ3) is 1.57. The minimum absolute atomic E-state index is 0.0354. The van der Waals surface area contributed by atoms with E-state index in [2.05, 4.69) is 0 Å². The van der Waals surface area contributed by atoms with Crippen molar-refractivity contribution in [2.45, 2.75) is 6.04 Å². The molecule has 1 heterocycles. The quantitative estimate of drug-likeness (QED) is 0.668. The molecule has 0 aliphatic carbocycles. The molecule has 0 saturated heterocycles. The molecular weight excluding hydrogens is 190 g/mol. The minimum atomic E-state index is -0.451. The molecule has 0 fully saturated rings. The van der Waals surface area contributed by atoms with Crippen LogP contribution in [0.15, 0.2) is 24.3 Å². The highest BCUT2D eigenvalue weighted by atomic mass is 16.2. The molecule has 1 atom stereocenters. The van der Waals surface area contributed by atoms with Crippen LogP contribution in [0, 0.1) is 0 Å². The van der Waals surface area contributed by atoms with Crippen LogP contribution in [0.1, 0.15) is 0 Å². The molecule has 1 aromatic rings. The third-order valence-electron chi connectivity index (χ3n) is 2.77. The van der Waals surface area contributed by atoms with E-state index in [0.29, 0.717) is 6.54 Å². The second kappa shape index (κ2) is 3.55. The maximum Gasteiger partial charge on any atom is 0.245 e. The minimum Gasteiger partial charge on any atom is -0.371 e. The van der Waals surface area contributed by atoms with Gasteiger partial charge in [-0.2, -0.15) is 0 Å². The van der Waals surface area contributed by atoms with Gasteiger partial charge in [0.1, 0.15) is 6.04 Å². The van der Waals surface area contributed by atoms with Gasteiger partial charge < -0.3 is 15.5 Å². The Kier molecular flexibility index (Phi) is 2.36. The Morgan fingerprint density at radius 1 is 1.27 bits per heavy atom. The van der Waals surface area contributed by atoms with Gasteiger partial charge >= 0.3 is 0 Å². The zero-order valence-corrected chi connectivity index (χ0v) is 8.97. The topological polar surface area (TPSA) is 49.6 Å². The van der Waals surface area contributed by atoms with Gasteiger partial charge in [-0.15, -0.1) is 0 Å². The molecule has 1 unspecified atom stereocenters. The molecule has 15 heavy (non-hydrogen) atoms. The van der Waals surface area contributed by atoms with Gasteiger partial charge in [0.15, 0.2) is 0 Å². The maximum absolute atomic E-state index is 11.8. The van der Waals surface area contributed by atoms with E-state index >= 15 is 0 Å². The average molecular weight is 205 g/mol. The van der Waals surface area contributed by atoms with Crippen molar-refractivity contribution in [2.24, 2.45) is 5.73 Å². The standard InChI is InChI=1S/C11H15N3O/c1-13-7-8(12)11(15)14(2)10-6-4-3-5-9(10)13/h3-6,8H,7,12H2,1-2H3. The van der Waals surface area contributed by atoms with E-state index in [1.54, 1.807) is 11.9 Å². The van der Waals surface area contributed by atoms with Crippen molar-refractivity contribution in [1.82, 2.24) is 0 Å². The van der Waals surface area contributed by atoms with E-state index in [0.717, 1.165) is 11.4 Å². The summed E-state index contributed by atoms with van der Waals surface area (Å²) >= 11 is 0. The number of rotatable bonds is 0. The van der Waals surface area contributed by atoms with Crippen molar-refractivity contribution in [3.8, 4) is 0 Å². The molecule has 0 radical (unpaired) electrons. The van der Waals surface area contributed by atoms with Crippen LogP contribution >= 0.6 is 0 Å². The summed E-state index contributed by atoms with van der Waals surface area (Å²) in [4.78, 5) is 15.5. The van der Waals surface area contributed by atoms with Gasteiger partial charge in [0, 0.05) is 20.6 Å². The second-order valence-corrected chi connectivity index (χ2v) is 3.87. The molecule has 4 heteroatoms. The summed E-state index contributed by atoms with van der Waals surface area (Å²) in [5.74, 6) is -0.0354. The lowest BCUT2D eigenvalue weighted by Gasteiger charge is -2.20. The van der Waals surface area contributed by atoms with Gasteiger partial charge in [-0.1, -0.05) is 12.1 Å². The number of anilines is 2. The predicted molar refractivity (Wildman–Crippen MR) is 61.1 cm³/mol. The summed E-state index contributed by atoms with van der Waals surface area (Å²) in [6, 6.07) is 7.36.